The zero-order valence-corrected chi connectivity index (χ0v) is 11.5. The van der Waals surface area contributed by atoms with Crippen molar-refractivity contribution in [3.63, 3.8) is 0 Å². The van der Waals surface area contributed by atoms with Crippen molar-refractivity contribution in [2.24, 2.45) is 0 Å². The molecule has 18 heavy (non-hydrogen) atoms. The zero-order valence-electron chi connectivity index (χ0n) is 11.5. The van der Waals surface area contributed by atoms with Gasteiger partial charge in [-0.25, -0.2) is 0 Å². The number of unbranched alkanes of at least 4 members (excludes halogenated alkanes) is 5. The van der Waals surface area contributed by atoms with Gasteiger partial charge in [-0.1, -0.05) is 45.1 Å². The minimum Gasteiger partial charge on any atom is -0.319 e. The van der Waals surface area contributed by atoms with Crippen molar-refractivity contribution in [2.75, 3.05) is 6.54 Å². The molecule has 0 aromatic heterocycles. The van der Waals surface area contributed by atoms with Crippen LogP contribution in [0.2, 0.25) is 0 Å². The number of Topliss-reactive ketones (excluding diaryl/α,β-unsaturated/α-hetero) is 1. The highest BCUT2D eigenvalue weighted by molar-refractivity contribution is 5.98. The van der Waals surface area contributed by atoms with Crippen molar-refractivity contribution in [1.29, 1.82) is 0 Å². The highest BCUT2D eigenvalue weighted by atomic mass is 16.2. The van der Waals surface area contributed by atoms with Gasteiger partial charge < -0.3 is 4.90 Å². The third kappa shape index (κ3) is 5.99. The molecule has 0 aromatic rings. The Balaban J connectivity index is 2.03. The first-order valence-corrected chi connectivity index (χ1v) is 7.22. The normalized spacial score (nSPS) is 14.2. The average molecular weight is 251 g/mol. The fraction of sp³-hybridized carbons (Fsp3) is 0.733. The summed E-state index contributed by atoms with van der Waals surface area (Å²) in [4.78, 5) is 25.0. The van der Waals surface area contributed by atoms with Gasteiger partial charge in [-0.3, -0.25) is 9.59 Å². The molecule has 3 nitrogen and oxygen atoms in total. The van der Waals surface area contributed by atoms with Gasteiger partial charge in [0.1, 0.15) is 5.78 Å². The van der Waals surface area contributed by atoms with Crippen molar-refractivity contribution in [1.82, 2.24) is 4.90 Å². The molecule has 0 atom stereocenters. The largest absolute Gasteiger partial charge is 0.319 e. The highest BCUT2D eigenvalue weighted by Gasteiger charge is 2.16. The molecule has 3 heteroatoms. The molecule has 0 unspecified atom stereocenters. The zero-order chi connectivity index (χ0) is 13.2. The number of hydrogen-bond donors (Lipinski definition) is 0. The van der Waals surface area contributed by atoms with E-state index in [1.165, 1.54) is 25.7 Å². The van der Waals surface area contributed by atoms with Crippen molar-refractivity contribution in [2.45, 2.75) is 64.7 Å². The van der Waals surface area contributed by atoms with Crippen LogP contribution in [-0.2, 0) is 9.59 Å². The average Bonchev–Trinajstić information content (AvgIpc) is 2.87. The molecule has 0 N–H and O–H groups in total. The summed E-state index contributed by atoms with van der Waals surface area (Å²) in [7, 11) is 0. The lowest BCUT2D eigenvalue weighted by Gasteiger charge is -2.12. The third-order valence-corrected chi connectivity index (χ3v) is 3.30. The molecule has 102 valence electrons. The molecule has 1 rings (SSSR count). The van der Waals surface area contributed by atoms with Crippen LogP contribution in [0.4, 0.5) is 0 Å². The Hall–Kier alpha value is -1.12. The van der Waals surface area contributed by atoms with Gasteiger partial charge in [0.25, 0.3) is 0 Å². The molecule has 0 bridgehead atoms. The maximum Gasteiger partial charge on any atom is 0.233 e. The predicted octanol–water partition coefficient (Wildman–Crippen LogP) is 3.44. The van der Waals surface area contributed by atoms with Crippen molar-refractivity contribution >= 4 is 11.7 Å². The lowest BCUT2D eigenvalue weighted by atomic mass is 10.1. The number of carbonyl (C=O) groups is 2. The number of ketones is 1. The van der Waals surface area contributed by atoms with Gasteiger partial charge in [-0.05, 0) is 12.8 Å². The van der Waals surface area contributed by atoms with E-state index in [2.05, 4.69) is 6.92 Å². The van der Waals surface area contributed by atoms with Crippen LogP contribution >= 0.6 is 0 Å². The second kappa shape index (κ2) is 8.90. The van der Waals surface area contributed by atoms with Gasteiger partial charge in [-0.15, -0.1) is 0 Å². The maximum absolute atomic E-state index is 11.7. The van der Waals surface area contributed by atoms with Gasteiger partial charge in [0, 0.05) is 19.2 Å². The van der Waals surface area contributed by atoms with Crippen LogP contribution in [0.3, 0.4) is 0 Å². The Morgan fingerprint density at radius 2 is 1.83 bits per heavy atom. The quantitative estimate of drug-likeness (QED) is 0.465. The van der Waals surface area contributed by atoms with E-state index >= 15 is 0 Å². The van der Waals surface area contributed by atoms with Crippen molar-refractivity contribution in [3.05, 3.63) is 12.3 Å². The molecule has 0 radical (unpaired) electrons. The van der Waals surface area contributed by atoms with Crippen molar-refractivity contribution in [3.8, 4) is 0 Å². The van der Waals surface area contributed by atoms with E-state index in [1.807, 2.05) is 6.08 Å². The van der Waals surface area contributed by atoms with Gasteiger partial charge in [0.15, 0.2) is 0 Å². The summed E-state index contributed by atoms with van der Waals surface area (Å²) in [5.74, 6) is 0.0514. The van der Waals surface area contributed by atoms with Crippen LogP contribution in [0.1, 0.15) is 64.7 Å². The standard InChI is InChI=1S/C15H25NO2/c1-2-3-4-5-6-7-10-14(17)13-15(18)16-11-8-9-12-16/h8,11H,2-7,9-10,12-13H2,1H3. The van der Waals surface area contributed by atoms with E-state index in [1.54, 1.807) is 11.1 Å². The Bertz CT molecular complexity index is 297. The first-order valence-electron chi connectivity index (χ1n) is 7.22. The minimum absolute atomic E-state index is 0.0419. The lowest BCUT2D eigenvalue weighted by Crippen LogP contribution is -2.25. The second-order valence-corrected chi connectivity index (χ2v) is 4.99. The topological polar surface area (TPSA) is 37.4 Å². The van der Waals surface area contributed by atoms with E-state index in [4.69, 9.17) is 0 Å². The Morgan fingerprint density at radius 1 is 1.11 bits per heavy atom. The van der Waals surface area contributed by atoms with Gasteiger partial charge in [0.05, 0.1) is 6.42 Å². The Kier molecular flexibility index (Phi) is 7.38. The van der Waals surface area contributed by atoms with Crippen LogP contribution in [-0.4, -0.2) is 23.1 Å². The number of carbonyl (C=O) groups excluding carboxylic acids is 2. The fourth-order valence-corrected chi connectivity index (χ4v) is 2.16. The second-order valence-electron chi connectivity index (χ2n) is 4.99. The molecule has 0 saturated heterocycles. The molecule has 0 aliphatic carbocycles. The number of nitrogens with zero attached hydrogens (tertiary/aromatic N) is 1. The molecule has 0 fully saturated rings. The number of hydrogen-bond acceptors (Lipinski definition) is 2. The third-order valence-electron chi connectivity index (χ3n) is 3.30. The van der Waals surface area contributed by atoms with Crippen LogP contribution in [0.5, 0.6) is 0 Å². The maximum atomic E-state index is 11.7. The van der Waals surface area contributed by atoms with Gasteiger partial charge >= 0.3 is 0 Å². The fourth-order valence-electron chi connectivity index (χ4n) is 2.16. The molecule has 0 spiro atoms. The van der Waals surface area contributed by atoms with E-state index in [0.717, 1.165) is 25.8 Å². The van der Waals surface area contributed by atoms with E-state index in [0.29, 0.717) is 6.42 Å². The minimum atomic E-state index is -0.0419. The van der Waals surface area contributed by atoms with Crippen molar-refractivity contribution < 1.29 is 9.59 Å². The molecule has 0 aromatic carbocycles. The van der Waals surface area contributed by atoms with Gasteiger partial charge in [0.2, 0.25) is 5.91 Å². The highest BCUT2D eigenvalue weighted by Crippen LogP contribution is 2.10. The summed E-state index contributed by atoms with van der Waals surface area (Å²) in [6.45, 7) is 2.94. The van der Waals surface area contributed by atoms with Gasteiger partial charge in [-0.2, -0.15) is 0 Å². The molecule has 1 amide bonds. The van der Waals surface area contributed by atoms with E-state index < -0.39 is 0 Å². The van der Waals surface area contributed by atoms with Crippen LogP contribution in [0, 0.1) is 0 Å². The number of rotatable bonds is 9. The SMILES string of the molecule is CCCCCCCCC(=O)CC(=O)N1C=CCC1. The molecule has 1 heterocycles. The molecule has 1 aliphatic rings. The molecule has 0 saturated carbocycles. The molecular weight excluding hydrogens is 226 g/mol. The summed E-state index contributed by atoms with van der Waals surface area (Å²) >= 11 is 0. The Labute approximate surface area is 110 Å². The summed E-state index contributed by atoms with van der Waals surface area (Å²) in [6.07, 6.45) is 12.4. The summed E-state index contributed by atoms with van der Waals surface area (Å²) in [5.41, 5.74) is 0. The summed E-state index contributed by atoms with van der Waals surface area (Å²) in [6, 6.07) is 0. The lowest BCUT2D eigenvalue weighted by molar-refractivity contribution is -0.133. The van der Waals surface area contributed by atoms with E-state index in [9.17, 15) is 9.59 Å². The van der Waals surface area contributed by atoms with E-state index in [-0.39, 0.29) is 18.1 Å². The summed E-state index contributed by atoms with van der Waals surface area (Å²) in [5, 5.41) is 0. The Morgan fingerprint density at radius 3 is 2.50 bits per heavy atom. The number of amides is 1. The predicted molar refractivity (Wildman–Crippen MR) is 73.1 cm³/mol. The van der Waals surface area contributed by atoms with Crippen LogP contribution in [0.25, 0.3) is 0 Å². The monoisotopic (exact) mass is 251 g/mol. The van der Waals surface area contributed by atoms with Crippen LogP contribution < -0.4 is 0 Å². The summed E-state index contributed by atoms with van der Waals surface area (Å²) < 4.78 is 0. The first kappa shape index (κ1) is 14.9. The molecular formula is C15H25NO2. The molecule has 1 aliphatic heterocycles. The first-order chi connectivity index (χ1) is 8.74. The smallest absolute Gasteiger partial charge is 0.233 e. The van der Waals surface area contributed by atoms with Crippen LogP contribution in [0.15, 0.2) is 12.3 Å².